The highest BCUT2D eigenvalue weighted by atomic mass is 15.2. The molecule has 1 N–H and O–H groups in total. The van der Waals surface area contributed by atoms with E-state index in [-0.39, 0.29) is 0 Å². The van der Waals surface area contributed by atoms with Gasteiger partial charge in [-0.2, -0.15) is 0 Å². The summed E-state index contributed by atoms with van der Waals surface area (Å²) in [6.45, 7) is 0. The Hall–Kier alpha value is -1.46. The van der Waals surface area contributed by atoms with Crippen LogP contribution in [0.25, 0.3) is 0 Å². The van der Waals surface area contributed by atoms with Crippen molar-refractivity contribution in [3.05, 3.63) is 29.8 Å². The van der Waals surface area contributed by atoms with Crippen LogP contribution >= 0.6 is 0 Å². The van der Waals surface area contributed by atoms with Crippen molar-refractivity contribution in [2.75, 3.05) is 12.4 Å². The highest BCUT2D eigenvalue weighted by Gasteiger charge is 2.38. The van der Waals surface area contributed by atoms with Crippen LogP contribution in [0.4, 0.5) is 5.69 Å². The maximum absolute atomic E-state index is 5.44. The van der Waals surface area contributed by atoms with Gasteiger partial charge in [0.1, 0.15) is 0 Å². The smallest absolute Gasteiger partial charge is 0.0354 e. The molecule has 2 unspecified atom stereocenters. The SMILES string of the molecule is C#Cc1cccc(NC2CC3CCC(C2)N3C)c1. The molecule has 2 nitrogen and oxygen atoms in total. The summed E-state index contributed by atoms with van der Waals surface area (Å²) in [6.07, 6.45) is 10.7. The number of nitrogens with zero attached hydrogens (tertiary/aromatic N) is 1. The van der Waals surface area contributed by atoms with Crippen LogP contribution in [0.2, 0.25) is 0 Å². The Morgan fingerprint density at radius 2 is 2.00 bits per heavy atom. The molecule has 2 atom stereocenters. The fraction of sp³-hybridized carbons (Fsp3) is 0.500. The molecule has 0 amide bonds. The van der Waals surface area contributed by atoms with Crippen molar-refractivity contribution < 1.29 is 0 Å². The maximum Gasteiger partial charge on any atom is 0.0354 e. The molecule has 94 valence electrons. The number of hydrogen-bond donors (Lipinski definition) is 1. The van der Waals surface area contributed by atoms with Gasteiger partial charge in [-0.1, -0.05) is 12.0 Å². The standard InChI is InChI=1S/C16H20N2/c1-3-12-5-4-6-13(9-12)17-14-10-15-7-8-16(11-14)18(15)2/h1,4-6,9,14-17H,7-8,10-11H2,2H3. The number of rotatable bonds is 2. The lowest BCUT2D eigenvalue weighted by atomic mass is 9.97. The minimum Gasteiger partial charge on any atom is -0.382 e. The zero-order valence-corrected chi connectivity index (χ0v) is 10.9. The Kier molecular flexibility index (Phi) is 3.01. The summed E-state index contributed by atoms with van der Waals surface area (Å²) in [4.78, 5) is 2.57. The van der Waals surface area contributed by atoms with E-state index >= 15 is 0 Å². The number of fused-ring (bicyclic) bond motifs is 2. The number of nitrogens with one attached hydrogen (secondary N) is 1. The van der Waals surface area contributed by atoms with Gasteiger partial charge in [-0.25, -0.2) is 0 Å². The summed E-state index contributed by atoms with van der Waals surface area (Å²) in [6, 6.07) is 10.3. The van der Waals surface area contributed by atoms with E-state index in [1.54, 1.807) is 0 Å². The second-order valence-electron chi connectivity index (χ2n) is 5.59. The third kappa shape index (κ3) is 2.11. The van der Waals surface area contributed by atoms with Crippen LogP contribution < -0.4 is 5.32 Å². The monoisotopic (exact) mass is 240 g/mol. The lowest BCUT2D eigenvalue weighted by Crippen LogP contribution is -2.44. The normalized spacial score (nSPS) is 31.0. The third-order valence-electron chi connectivity index (χ3n) is 4.50. The molecule has 2 fully saturated rings. The van der Waals surface area contributed by atoms with Crippen LogP contribution in [0.3, 0.4) is 0 Å². The molecule has 2 heterocycles. The second kappa shape index (κ2) is 4.66. The summed E-state index contributed by atoms with van der Waals surface area (Å²) in [7, 11) is 2.28. The second-order valence-corrected chi connectivity index (χ2v) is 5.59. The van der Waals surface area contributed by atoms with Crippen LogP contribution in [0.1, 0.15) is 31.2 Å². The molecule has 0 radical (unpaired) electrons. The van der Waals surface area contributed by atoms with Crippen LogP contribution in [0.5, 0.6) is 0 Å². The van der Waals surface area contributed by atoms with Crippen molar-refractivity contribution in [2.45, 2.75) is 43.8 Å². The minimum absolute atomic E-state index is 0.603. The Morgan fingerprint density at radius 1 is 1.28 bits per heavy atom. The minimum atomic E-state index is 0.603. The molecule has 2 aliphatic heterocycles. The molecule has 2 saturated heterocycles. The van der Waals surface area contributed by atoms with E-state index in [2.05, 4.69) is 35.3 Å². The van der Waals surface area contributed by atoms with Crippen LogP contribution in [-0.2, 0) is 0 Å². The summed E-state index contributed by atoms with van der Waals surface area (Å²) < 4.78 is 0. The lowest BCUT2D eigenvalue weighted by molar-refractivity contribution is 0.169. The summed E-state index contributed by atoms with van der Waals surface area (Å²) in [5.74, 6) is 2.69. The van der Waals surface area contributed by atoms with Gasteiger partial charge in [0, 0.05) is 29.4 Å². The largest absolute Gasteiger partial charge is 0.382 e. The topological polar surface area (TPSA) is 15.3 Å². The summed E-state index contributed by atoms with van der Waals surface area (Å²) in [5, 5.41) is 3.65. The number of piperidine rings is 1. The fourth-order valence-electron chi connectivity index (χ4n) is 3.46. The molecule has 3 rings (SSSR count). The van der Waals surface area contributed by atoms with Crippen molar-refractivity contribution in [3.8, 4) is 12.3 Å². The molecule has 2 heteroatoms. The predicted octanol–water partition coefficient (Wildman–Crippen LogP) is 2.71. The Balaban J connectivity index is 1.69. The molecule has 2 aliphatic rings. The molecule has 0 aliphatic carbocycles. The summed E-state index contributed by atoms with van der Waals surface area (Å²) in [5.41, 5.74) is 2.12. The number of hydrogen-bond acceptors (Lipinski definition) is 2. The van der Waals surface area contributed by atoms with Gasteiger partial charge >= 0.3 is 0 Å². The third-order valence-corrected chi connectivity index (χ3v) is 4.50. The Bertz CT molecular complexity index is 460. The molecule has 2 bridgehead atoms. The molecule has 0 aromatic heterocycles. The average molecular weight is 240 g/mol. The van der Waals surface area contributed by atoms with Gasteiger partial charge < -0.3 is 10.2 Å². The van der Waals surface area contributed by atoms with E-state index in [0.717, 1.165) is 17.6 Å². The van der Waals surface area contributed by atoms with Gasteiger partial charge in [-0.3, -0.25) is 0 Å². The molecule has 0 saturated carbocycles. The van der Waals surface area contributed by atoms with Gasteiger partial charge in [0.05, 0.1) is 0 Å². The van der Waals surface area contributed by atoms with E-state index in [1.165, 1.54) is 31.4 Å². The van der Waals surface area contributed by atoms with E-state index in [4.69, 9.17) is 6.42 Å². The van der Waals surface area contributed by atoms with Crippen LogP contribution in [0, 0.1) is 12.3 Å². The molecular weight excluding hydrogens is 220 g/mol. The van der Waals surface area contributed by atoms with Gasteiger partial charge in [0.25, 0.3) is 0 Å². The maximum atomic E-state index is 5.44. The first kappa shape index (κ1) is 11.6. The molecule has 18 heavy (non-hydrogen) atoms. The lowest BCUT2D eigenvalue weighted by Gasteiger charge is -2.37. The predicted molar refractivity (Wildman–Crippen MR) is 75.6 cm³/mol. The van der Waals surface area contributed by atoms with Crippen molar-refractivity contribution in [1.29, 1.82) is 0 Å². The van der Waals surface area contributed by atoms with Gasteiger partial charge in [0.2, 0.25) is 0 Å². The quantitative estimate of drug-likeness (QED) is 0.800. The first-order chi connectivity index (χ1) is 8.76. The van der Waals surface area contributed by atoms with Crippen molar-refractivity contribution in [1.82, 2.24) is 4.90 Å². The first-order valence-corrected chi connectivity index (χ1v) is 6.81. The van der Waals surface area contributed by atoms with Crippen LogP contribution in [-0.4, -0.2) is 30.1 Å². The number of benzene rings is 1. The molecule has 1 aromatic carbocycles. The Morgan fingerprint density at radius 3 is 2.67 bits per heavy atom. The van der Waals surface area contributed by atoms with Crippen molar-refractivity contribution in [3.63, 3.8) is 0 Å². The fourth-order valence-corrected chi connectivity index (χ4v) is 3.46. The summed E-state index contributed by atoms with van der Waals surface area (Å²) >= 11 is 0. The van der Waals surface area contributed by atoms with E-state index < -0.39 is 0 Å². The van der Waals surface area contributed by atoms with E-state index in [0.29, 0.717) is 6.04 Å². The van der Waals surface area contributed by atoms with E-state index in [9.17, 15) is 0 Å². The number of anilines is 1. The highest BCUT2D eigenvalue weighted by molar-refractivity contribution is 5.50. The zero-order valence-electron chi connectivity index (χ0n) is 10.9. The van der Waals surface area contributed by atoms with Gasteiger partial charge in [0.15, 0.2) is 0 Å². The average Bonchev–Trinajstić information content (AvgIpc) is 2.62. The molecular formula is C16H20N2. The highest BCUT2D eigenvalue weighted by Crippen LogP contribution is 2.35. The number of terminal acetylenes is 1. The Labute approximate surface area is 109 Å². The van der Waals surface area contributed by atoms with Gasteiger partial charge in [-0.15, -0.1) is 6.42 Å². The molecule has 1 aromatic rings. The van der Waals surface area contributed by atoms with Crippen molar-refractivity contribution in [2.24, 2.45) is 0 Å². The van der Waals surface area contributed by atoms with Crippen molar-refractivity contribution >= 4 is 5.69 Å². The van der Waals surface area contributed by atoms with E-state index in [1.807, 2.05) is 12.1 Å². The molecule has 0 spiro atoms. The zero-order chi connectivity index (χ0) is 12.5. The van der Waals surface area contributed by atoms with Crippen LogP contribution in [0.15, 0.2) is 24.3 Å². The first-order valence-electron chi connectivity index (χ1n) is 6.81. The van der Waals surface area contributed by atoms with Gasteiger partial charge in [-0.05, 0) is 50.9 Å².